The van der Waals surface area contributed by atoms with Crippen molar-refractivity contribution >= 4 is 22.9 Å². The lowest BCUT2D eigenvalue weighted by atomic mass is 10.1. The van der Waals surface area contributed by atoms with E-state index < -0.39 is 29.0 Å². The zero-order chi connectivity index (χ0) is 20.3. The molecule has 0 bridgehead atoms. The van der Waals surface area contributed by atoms with E-state index in [0.717, 1.165) is 5.56 Å². The van der Waals surface area contributed by atoms with Gasteiger partial charge in [0.1, 0.15) is 0 Å². The third-order valence-electron chi connectivity index (χ3n) is 4.50. The summed E-state index contributed by atoms with van der Waals surface area (Å²) in [5.41, 5.74) is 0.999. The number of nitrogens with one attached hydrogen (secondary N) is 2. The van der Waals surface area contributed by atoms with Crippen molar-refractivity contribution in [1.82, 2.24) is 14.9 Å². The number of carbonyl (C=O) groups is 2. The van der Waals surface area contributed by atoms with Gasteiger partial charge in [-0.1, -0.05) is 36.4 Å². The standard InChI is InChI=1S/C20H19N3O5/c1-23-15-9-7-12(11-14(15)21-18(25)19(23)26)8-10-16(24)22-17(20(27)28)13-5-3-2-4-6-13/h2-7,9,11,17H,8,10H2,1H3,(H,21,25)(H,22,24)(H,27,28). The molecule has 0 spiro atoms. The lowest BCUT2D eigenvalue weighted by Crippen LogP contribution is -2.34. The first-order valence-corrected chi connectivity index (χ1v) is 8.66. The van der Waals surface area contributed by atoms with Crippen molar-refractivity contribution in [2.24, 2.45) is 7.05 Å². The highest BCUT2D eigenvalue weighted by atomic mass is 16.4. The smallest absolute Gasteiger partial charge is 0.330 e. The van der Waals surface area contributed by atoms with Crippen LogP contribution >= 0.6 is 0 Å². The molecule has 0 fully saturated rings. The summed E-state index contributed by atoms with van der Waals surface area (Å²) < 4.78 is 1.27. The van der Waals surface area contributed by atoms with E-state index in [9.17, 15) is 24.3 Å². The van der Waals surface area contributed by atoms with Crippen molar-refractivity contribution in [3.8, 4) is 0 Å². The van der Waals surface area contributed by atoms with Crippen molar-refractivity contribution in [1.29, 1.82) is 0 Å². The Morgan fingerprint density at radius 2 is 1.86 bits per heavy atom. The second kappa shape index (κ2) is 7.91. The second-order valence-corrected chi connectivity index (χ2v) is 6.42. The number of aliphatic carboxylic acids is 1. The van der Waals surface area contributed by atoms with Crippen LogP contribution in [-0.4, -0.2) is 26.5 Å². The normalized spacial score (nSPS) is 11.9. The van der Waals surface area contributed by atoms with E-state index in [1.807, 2.05) is 0 Å². The SMILES string of the molecule is Cn1c(=O)c(=O)[nH]c2cc(CCC(=O)NC(C(=O)O)c3ccccc3)ccc21. The van der Waals surface area contributed by atoms with E-state index in [-0.39, 0.29) is 6.42 Å². The van der Waals surface area contributed by atoms with Crippen molar-refractivity contribution in [2.75, 3.05) is 0 Å². The summed E-state index contributed by atoms with van der Waals surface area (Å²) >= 11 is 0. The zero-order valence-electron chi connectivity index (χ0n) is 15.1. The van der Waals surface area contributed by atoms with E-state index in [4.69, 9.17) is 0 Å². The molecule has 0 aliphatic heterocycles. The van der Waals surface area contributed by atoms with Gasteiger partial charge in [-0.15, -0.1) is 0 Å². The van der Waals surface area contributed by atoms with E-state index in [0.29, 0.717) is 23.0 Å². The fourth-order valence-corrected chi connectivity index (χ4v) is 2.99. The Morgan fingerprint density at radius 1 is 1.14 bits per heavy atom. The molecule has 0 saturated carbocycles. The van der Waals surface area contributed by atoms with Gasteiger partial charge in [-0.3, -0.25) is 14.4 Å². The second-order valence-electron chi connectivity index (χ2n) is 6.42. The molecular weight excluding hydrogens is 362 g/mol. The van der Waals surface area contributed by atoms with Crippen LogP contribution in [0.3, 0.4) is 0 Å². The topological polar surface area (TPSA) is 121 Å². The fourth-order valence-electron chi connectivity index (χ4n) is 2.99. The molecule has 2 aromatic carbocycles. The van der Waals surface area contributed by atoms with Gasteiger partial charge in [-0.25, -0.2) is 4.79 Å². The van der Waals surface area contributed by atoms with Gasteiger partial charge in [0.25, 0.3) is 0 Å². The molecule has 0 aliphatic carbocycles. The Bertz CT molecular complexity index is 1150. The number of aryl methyl sites for hydroxylation is 2. The average Bonchev–Trinajstić information content (AvgIpc) is 2.69. The van der Waals surface area contributed by atoms with Crippen LogP contribution in [0.5, 0.6) is 0 Å². The van der Waals surface area contributed by atoms with E-state index >= 15 is 0 Å². The van der Waals surface area contributed by atoms with Crippen molar-refractivity contribution < 1.29 is 14.7 Å². The minimum atomic E-state index is -1.14. The number of benzene rings is 2. The zero-order valence-corrected chi connectivity index (χ0v) is 15.1. The summed E-state index contributed by atoms with van der Waals surface area (Å²) in [6.45, 7) is 0. The van der Waals surface area contributed by atoms with Gasteiger partial charge in [0, 0.05) is 13.5 Å². The lowest BCUT2D eigenvalue weighted by molar-refractivity contribution is -0.142. The van der Waals surface area contributed by atoms with Gasteiger partial charge in [-0.2, -0.15) is 0 Å². The number of aromatic nitrogens is 2. The molecule has 144 valence electrons. The number of aromatic amines is 1. The number of amides is 1. The molecule has 1 aromatic heterocycles. The minimum absolute atomic E-state index is 0.0815. The van der Waals surface area contributed by atoms with Crippen molar-refractivity contribution in [2.45, 2.75) is 18.9 Å². The molecule has 0 radical (unpaired) electrons. The summed E-state index contributed by atoms with van der Waals surface area (Å²) in [5, 5.41) is 11.9. The summed E-state index contributed by atoms with van der Waals surface area (Å²) in [4.78, 5) is 49.6. The third-order valence-corrected chi connectivity index (χ3v) is 4.50. The summed E-state index contributed by atoms with van der Waals surface area (Å²) in [5.74, 6) is -1.53. The number of rotatable bonds is 6. The highest BCUT2D eigenvalue weighted by molar-refractivity contribution is 5.84. The first-order valence-electron chi connectivity index (χ1n) is 8.66. The number of carbonyl (C=O) groups excluding carboxylic acids is 1. The molecule has 1 heterocycles. The molecule has 28 heavy (non-hydrogen) atoms. The van der Waals surface area contributed by atoms with Crippen LogP contribution in [-0.2, 0) is 23.1 Å². The molecule has 1 unspecified atom stereocenters. The lowest BCUT2D eigenvalue weighted by Gasteiger charge is -2.15. The first kappa shape index (κ1) is 19.1. The van der Waals surface area contributed by atoms with Gasteiger partial charge >= 0.3 is 17.1 Å². The molecule has 1 atom stereocenters. The number of carboxylic acid groups (broad SMARTS) is 1. The highest BCUT2D eigenvalue weighted by Crippen LogP contribution is 2.15. The Labute approximate surface area is 159 Å². The van der Waals surface area contributed by atoms with E-state index in [1.54, 1.807) is 48.5 Å². The van der Waals surface area contributed by atoms with Crippen molar-refractivity contribution in [3.63, 3.8) is 0 Å². The van der Waals surface area contributed by atoms with Gasteiger partial charge in [-0.05, 0) is 29.7 Å². The van der Waals surface area contributed by atoms with Crippen LogP contribution in [0.2, 0.25) is 0 Å². The Morgan fingerprint density at radius 3 is 2.54 bits per heavy atom. The predicted octanol–water partition coefficient (Wildman–Crippen LogP) is 1.10. The van der Waals surface area contributed by atoms with Crippen LogP contribution in [0, 0.1) is 0 Å². The van der Waals surface area contributed by atoms with Crippen LogP contribution in [0.15, 0.2) is 58.1 Å². The number of nitrogens with zero attached hydrogens (tertiary/aromatic N) is 1. The molecule has 8 heteroatoms. The van der Waals surface area contributed by atoms with Gasteiger partial charge in [0.2, 0.25) is 5.91 Å². The van der Waals surface area contributed by atoms with Crippen LogP contribution in [0.25, 0.3) is 11.0 Å². The molecule has 3 rings (SSSR count). The Kier molecular flexibility index (Phi) is 5.39. The molecule has 1 amide bonds. The molecular formula is C20H19N3O5. The van der Waals surface area contributed by atoms with E-state index in [1.165, 1.54) is 11.6 Å². The highest BCUT2D eigenvalue weighted by Gasteiger charge is 2.21. The Balaban J connectivity index is 1.72. The summed E-state index contributed by atoms with van der Waals surface area (Å²) in [6, 6.07) is 12.5. The van der Waals surface area contributed by atoms with Crippen molar-refractivity contribution in [3.05, 3.63) is 80.4 Å². The van der Waals surface area contributed by atoms with Crippen LogP contribution in [0.1, 0.15) is 23.6 Å². The molecule has 3 N–H and O–H groups in total. The maximum absolute atomic E-state index is 12.2. The quantitative estimate of drug-likeness (QED) is 0.552. The maximum atomic E-state index is 12.2. The van der Waals surface area contributed by atoms with Crippen LogP contribution in [0.4, 0.5) is 0 Å². The van der Waals surface area contributed by atoms with Gasteiger partial charge in [0.15, 0.2) is 6.04 Å². The monoisotopic (exact) mass is 381 g/mol. The van der Waals surface area contributed by atoms with Crippen LogP contribution < -0.4 is 16.4 Å². The average molecular weight is 381 g/mol. The number of carboxylic acids is 1. The summed E-state index contributed by atoms with van der Waals surface area (Å²) in [7, 11) is 1.52. The predicted molar refractivity (Wildman–Crippen MR) is 103 cm³/mol. The molecule has 0 saturated heterocycles. The first-order chi connectivity index (χ1) is 13.4. The maximum Gasteiger partial charge on any atom is 0.330 e. The van der Waals surface area contributed by atoms with E-state index in [2.05, 4.69) is 10.3 Å². The third kappa shape index (κ3) is 4.01. The summed E-state index contributed by atoms with van der Waals surface area (Å²) in [6.07, 6.45) is 0.436. The number of hydrogen-bond acceptors (Lipinski definition) is 4. The minimum Gasteiger partial charge on any atom is -0.479 e. The van der Waals surface area contributed by atoms with Gasteiger partial charge in [0.05, 0.1) is 11.0 Å². The largest absolute Gasteiger partial charge is 0.479 e. The number of hydrogen-bond donors (Lipinski definition) is 3. The molecule has 3 aromatic rings. The number of H-pyrrole nitrogens is 1. The molecule has 0 aliphatic rings. The Hall–Kier alpha value is -3.68. The number of fused-ring (bicyclic) bond motifs is 1. The van der Waals surface area contributed by atoms with Gasteiger partial charge < -0.3 is 20.0 Å². The molecule has 8 nitrogen and oxygen atoms in total. The fraction of sp³-hybridized carbons (Fsp3) is 0.200.